The van der Waals surface area contributed by atoms with Crippen LogP contribution < -0.4 is 15.4 Å². The lowest BCUT2D eigenvalue weighted by atomic mass is 10.1. The molecule has 10 nitrogen and oxygen atoms in total. The van der Waals surface area contributed by atoms with E-state index in [2.05, 4.69) is 20.7 Å². The largest absolute Gasteiger partial charge is 0.508 e. The molecule has 2 amide bonds. The van der Waals surface area contributed by atoms with Gasteiger partial charge in [-0.1, -0.05) is 11.6 Å². The average Bonchev–Trinajstić information content (AvgIpc) is 3.17. The van der Waals surface area contributed by atoms with Gasteiger partial charge in [-0.25, -0.2) is 22.4 Å². The zero-order chi connectivity index (χ0) is 23.6. The highest BCUT2D eigenvalue weighted by Gasteiger charge is 2.17. The quantitative estimate of drug-likeness (QED) is 0.327. The van der Waals surface area contributed by atoms with E-state index in [9.17, 15) is 18.3 Å². The third-order valence-corrected chi connectivity index (χ3v) is 6.25. The van der Waals surface area contributed by atoms with Gasteiger partial charge in [0.05, 0.1) is 4.90 Å². The van der Waals surface area contributed by atoms with Gasteiger partial charge in [-0.2, -0.15) is 4.98 Å². The molecule has 0 unspecified atom stereocenters. The van der Waals surface area contributed by atoms with E-state index in [1.807, 2.05) is 10.8 Å². The van der Waals surface area contributed by atoms with E-state index < -0.39 is 16.1 Å². The number of aromatic nitrogens is 3. The molecule has 4 rings (SSSR count). The minimum atomic E-state index is -3.98. The molecule has 0 aliphatic carbocycles. The second-order valence-electron chi connectivity index (χ2n) is 6.93. The smallest absolute Gasteiger partial charge is 0.328 e. The summed E-state index contributed by atoms with van der Waals surface area (Å²) in [5.74, 6) is 0.396. The molecule has 0 saturated heterocycles. The van der Waals surface area contributed by atoms with E-state index in [-0.39, 0.29) is 10.6 Å². The highest BCUT2D eigenvalue weighted by Crippen LogP contribution is 2.31. The lowest BCUT2D eigenvalue weighted by Crippen LogP contribution is -2.39. The first kappa shape index (κ1) is 22.4. The van der Waals surface area contributed by atoms with Crippen molar-refractivity contribution in [2.45, 2.75) is 11.8 Å². The lowest BCUT2D eigenvalue weighted by Gasteiger charge is -2.08. The standard InChI is InChI=1S/C21H19ClN6O4S/c1-2-23-21(30)27-33(31,32)16-7-4-14(5-8-16)24-20-25-19-10-3-13(12-28(19)26-20)17-11-15(29)6-9-18(17)22/h3-12,29H,2H2,1H3,(H,24,26)(H2,23,27,30). The summed E-state index contributed by atoms with van der Waals surface area (Å²) < 4.78 is 28.0. The Labute approximate surface area is 194 Å². The van der Waals surface area contributed by atoms with Crippen LogP contribution in [0.3, 0.4) is 0 Å². The first-order valence-corrected chi connectivity index (χ1v) is 11.6. The molecular weight excluding hydrogens is 468 g/mol. The molecule has 0 spiro atoms. The van der Waals surface area contributed by atoms with Crippen LogP contribution in [-0.2, 0) is 10.0 Å². The number of anilines is 2. The fraction of sp³-hybridized carbons (Fsp3) is 0.0952. The number of amides is 2. The van der Waals surface area contributed by atoms with Gasteiger partial charge in [0.25, 0.3) is 10.0 Å². The normalized spacial score (nSPS) is 11.3. The maximum absolute atomic E-state index is 12.3. The molecule has 33 heavy (non-hydrogen) atoms. The van der Waals surface area contributed by atoms with Crippen LogP contribution in [0.2, 0.25) is 5.02 Å². The summed E-state index contributed by atoms with van der Waals surface area (Å²) in [6, 6.07) is 13.3. The molecule has 0 radical (unpaired) electrons. The van der Waals surface area contributed by atoms with E-state index in [4.69, 9.17) is 11.6 Å². The Morgan fingerprint density at radius 2 is 1.88 bits per heavy atom. The second-order valence-corrected chi connectivity index (χ2v) is 9.02. The number of halogens is 1. The van der Waals surface area contributed by atoms with Crippen LogP contribution in [0.5, 0.6) is 5.75 Å². The number of nitrogens with one attached hydrogen (secondary N) is 3. The van der Waals surface area contributed by atoms with Crippen molar-refractivity contribution in [1.82, 2.24) is 24.6 Å². The number of rotatable bonds is 6. The number of hydrogen-bond acceptors (Lipinski definition) is 7. The van der Waals surface area contributed by atoms with Gasteiger partial charge in [-0.15, -0.1) is 5.10 Å². The van der Waals surface area contributed by atoms with E-state index in [0.717, 1.165) is 5.56 Å². The topological polar surface area (TPSA) is 138 Å². The number of sulfonamides is 1. The lowest BCUT2D eigenvalue weighted by molar-refractivity contribution is 0.246. The molecule has 0 aliphatic rings. The van der Waals surface area contributed by atoms with Gasteiger partial charge < -0.3 is 15.7 Å². The van der Waals surface area contributed by atoms with Crippen molar-refractivity contribution in [2.24, 2.45) is 0 Å². The minimum Gasteiger partial charge on any atom is -0.508 e. The molecule has 0 fully saturated rings. The summed E-state index contributed by atoms with van der Waals surface area (Å²) in [5, 5.41) is 20.0. The predicted molar refractivity (Wildman–Crippen MR) is 124 cm³/mol. The van der Waals surface area contributed by atoms with Gasteiger partial charge in [-0.05, 0) is 61.5 Å². The van der Waals surface area contributed by atoms with Gasteiger partial charge in [0.15, 0.2) is 5.65 Å². The number of aromatic hydroxyl groups is 1. The number of pyridine rings is 1. The molecule has 2 aromatic heterocycles. The zero-order valence-corrected chi connectivity index (χ0v) is 18.9. The van der Waals surface area contributed by atoms with Crippen molar-refractivity contribution in [3.8, 4) is 16.9 Å². The number of carbonyl (C=O) groups excluding carboxylic acids is 1. The van der Waals surface area contributed by atoms with E-state index in [1.54, 1.807) is 35.8 Å². The molecule has 12 heteroatoms. The van der Waals surface area contributed by atoms with E-state index >= 15 is 0 Å². The molecule has 0 atom stereocenters. The number of urea groups is 1. The Kier molecular flexibility index (Phi) is 6.07. The maximum Gasteiger partial charge on any atom is 0.328 e. The summed E-state index contributed by atoms with van der Waals surface area (Å²) in [4.78, 5) is 15.9. The van der Waals surface area contributed by atoms with Crippen molar-refractivity contribution < 1.29 is 18.3 Å². The van der Waals surface area contributed by atoms with E-state index in [1.165, 1.54) is 30.3 Å². The minimum absolute atomic E-state index is 0.0603. The molecule has 170 valence electrons. The van der Waals surface area contributed by atoms with Gasteiger partial charge in [0.2, 0.25) is 5.95 Å². The van der Waals surface area contributed by atoms with Crippen LogP contribution in [0.1, 0.15) is 6.92 Å². The summed E-state index contributed by atoms with van der Waals surface area (Å²) in [7, 11) is -3.98. The summed E-state index contributed by atoms with van der Waals surface area (Å²) in [5.41, 5.74) is 2.53. The number of phenolic OH excluding ortho intramolecular Hbond substituents is 1. The Morgan fingerprint density at radius 3 is 2.61 bits per heavy atom. The van der Waals surface area contributed by atoms with Crippen LogP contribution in [0.25, 0.3) is 16.8 Å². The van der Waals surface area contributed by atoms with Gasteiger partial charge in [0.1, 0.15) is 5.75 Å². The monoisotopic (exact) mass is 486 g/mol. The molecule has 0 aliphatic heterocycles. The number of nitrogens with zero attached hydrogens (tertiary/aromatic N) is 3. The Morgan fingerprint density at radius 1 is 1.12 bits per heavy atom. The van der Waals surface area contributed by atoms with Crippen molar-refractivity contribution >= 4 is 44.9 Å². The molecule has 0 bridgehead atoms. The van der Waals surface area contributed by atoms with Crippen LogP contribution in [0.4, 0.5) is 16.4 Å². The zero-order valence-electron chi connectivity index (χ0n) is 17.3. The van der Waals surface area contributed by atoms with E-state index in [0.29, 0.717) is 34.4 Å². The molecule has 0 saturated carbocycles. The number of hydrogen-bond donors (Lipinski definition) is 4. The van der Waals surface area contributed by atoms with Crippen LogP contribution in [0, 0.1) is 0 Å². The number of phenols is 1. The molecule has 4 aromatic rings. The Bertz CT molecular complexity index is 1440. The second kappa shape index (κ2) is 8.96. The van der Waals surface area contributed by atoms with Crippen molar-refractivity contribution in [3.63, 3.8) is 0 Å². The summed E-state index contributed by atoms with van der Waals surface area (Å²) in [6.45, 7) is 1.99. The summed E-state index contributed by atoms with van der Waals surface area (Å²) >= 11 is 6.24. The summed E-state index contributed by atoms with van der Waals surface area (Å²) in [6.07, 6.45) is 1.73. The van der Waals surface area contributed by atoms with Crippen molar-refractivity contribution in [1.29, 1.82) is 0 Å². The highest BCUT2D eigenvalue weighted by atomic mass is 35.5. The number of benzene rings is 2. The Hall–Kier alpha value is -3.83. The van der Waals surface area contributed by atoms with Crippen LogP contribution >= 0.6 is 11.6 Å². The third kappa shape index (κ3) is 4.99. The van der Waals surface area contributed by atoms with Crippen molar-refractivity contribution in [2.75, 3.05) is 11.9 Å². The average molecular weight is 487 g/mol. The fourth-order valence-electron chi connectivity index (χ4n) is 3.05. The first-order chi connectivity index (χ1) is 15.7. The predicted octanol–water partition coefficient (Wildman–Crippen LogP) is 3.51. The van der Waals surface area contributed by atoms with Gasteiger partial charge in [-0.3, -0.25) is 0 Å². The van der Waals surface area contributed by atoms with Gasteiger partial charge in [0, 0.05) is 34.6 Å². The molecular formula is C21H19ClN6O4S. The van der Waals surface area contributed by atoms with Crippen LogP contribution in [-0.4, -0.2) is 40.7 Å². The number of fused-ring (bicyclic) bond motifs is 1. The first-order valence-electron chi connectivity index (χ1n) is 9.78. The Balaban J connectivity index is 1.53. The van der Waals surface area contributed by atoms with Crippen molar-refractivity contribution in [3.05, 3.63) is 65.8 Å². The van der Waals surface area contributed by atoms with Crippen LogP contribution in [0.15, 0.2) is 65.7 Å². The fourth-order valence-corrected chi connectivity index (χ4v) is 4.21. The number of carbonyl (C=O) groups is 1. The molecule has 2 heterocycles. The highest BCUT2D eigenvalue weighted by molar-refractivity contribution is 7.90. The molecule has 2 aromatic carbocycles. The van der Waals surface area contributed by atoms with Gasteiger partial charge >= 0.3 is 6.03 Å². The maximum atomic E-state index is 12.3. The molecule has 4 N–H and O–H groups in total. The third-order valence-electron chi connectivity index (χ3n) is 4.58. The SMILES string of the molecule is CCNC(=O)NS(=O)(=O)c1ccc(Nc2nc3ccc(-c4cc(O)ccc4Cl)cn3n2)cc1.